The lowest BCUT2D eigenvalue weighted by molar-refractivity contribution is 0.368. The number of aromatic nitrogens is 1. The maximum absolute atomic E-state index is 11.5. The topological polar surface area (TPSA) is 67.1 Å². The van der Waals surface area contributed by atoms with Gasteiger partial charge in [-0.1, -0.05) is 12.1 Å². The van der Waals surface area contributed by atoms with Gasteiger partial charge in [-0.15, -0.1) is 0 Å². The number of aryl methyl sites for hydroxylation is 1. The van der Waals surface area contributed by atoms with E-state index in [2.05, 4.69) is 5.32 Å². The highest BCUT2D eigenvalue weighted by molar-refractivity contribution is 5.41. The average molecular weight is 283 g/mol. The predicted molar refractivity (Wildman–Crippen MR) is 81.3 cm³/mol. The van der Waals surface area contributed by atoms with E-state index in [1.165, 1.54) is 0 Å². The highest BCUT2D eigenvalue weighted by atomic mass is 16.5. The molecule has 0 bridgehead atoms. The predicted octanol–water partition coefficient (Wildman–Crippen LogP) is 2.38. The third-order valence-corrected chi connectivity index (χ3v) is 3.02. The number of pyridine rings is 1. The Kier molecular flexibility index (Phi) is 4.99. The average Bonchev–Trinajstić information content (AvgIpc) is 2.52. The molecular weight excluding hydrogens is 266 g/mol. The molecule has 0 unspecified atom stereocenters. The molecule has 0 radical (unpaired) electrons. The lowest BCUT2D eigenvalue weighted by Gasteiger charge is -2.10. The quantitative estimate of drug-likeness (QED) is 0.884. The molecule has 0 atom stereocenters. The number of hydrogen-bond donors (Lipinski definition) is 1. The van der Waals surface area contributed by atoms with Crippen molar-refractivity contribution in [3.63, 3.8) is 0 Å². The fourth-order valence-corrected chi connectivity index (χ4v) is 1.95. The molecular formula is C16H17N3O2. The molecule has 2 aromatic rings. The van der Waals surface area contributed by atoms with Gasteiger partial charge in [0.15, 0.2) is 6.61 Å². The Morgan fingerprint density at radius 3 is 2.95 bits per heavy atom. The fourth-order valence-electron chi connectivity index (χ4n) is 1.95. The Balaban J connectivity index is 2.03. The zero-order chi connectivity index (χ0) is 15.1. The van der Waals surface area contributed by atoms with Crippen molar-refractivity contribution >= 4 is 5.69 Å². The monoisotopic (exact) mass is 283 g/mol. The van der Waals surface area contributed by atoms with Crippen molar-refractivity contribution in [2.75, 3.05) is 11.9 Å². The van der Waals surface area contributed by atoms with Crippen molar-refractivity contribution in [2.24, 2.45) is 0 Å². The molecule has 2 rings (SSSR count). The van der Waals surface area contributed by atoms with Crippen LogP contribution in [-0.4, -0.2) is 11.2 Å². The van der Waals surface area contributed by atoms with Gasteiger partial charge in [-0.25, -0.2) is 0 Å². The SMILES string of the molecule is CCn1cc(NCc2cccc(OCC#N)c2)ccc1=O. The Bertz CT molecular complexity index is 701. The molecule has 108 valence electrons. The largest absolute Gasteiger partial charge is 0.479 e. The summed E-state index contributed by atoms with van der Waals surface area (Å²) in [6.45, 7) is 3.23. The van der Waals surface area contributed by atoms with Crippen LogP contribution < -0.4 is 15.6 Å². The Morgan fingerprint density at radius 2 is 2.19 bits per heavy atom. The van der Waals surface area contributed by atoms with Crippen LogP contribution in [-0.2, 0) is 13.1 Å². The minimum Gasteiger partial charge on any atom is -0.479 e. The van der Waals surface area contributed by atoms with Gasteiger partial charge in [0.2, 0.25) is 0 Å². The van der Waals surface area contributed by atoms with Crippen molar-refractivity contribution in [3.8, 4) is 11.8 Å². The first kappa shape index (κ1) is 14.7. The summed E-state index contributed by atoms with van der Waals surface area (Å²) in [6.07, 6.45) is 1.80. The minimum atomic E-state index is -0.00468. The van der Waals surface area contributed by atoms with E-state index in [0.29, 0.717) is 18.8 Å². The van der Waals surface area contributed by atoms with Gasteiger partial charge in [-0.3, -0.25) is 4.79 Å². The van der Waals surface area contributed by atoms with Crippen molar-refractivity contribution in [3.05, 3.63) is 58.5 Å². The molecule has 0 aliphatic heterocycles. The van der Waals surface area contributed by atoms with Crippen LogP contribution in [0, 0.1) is 11.3 Å². The molecule has 0 saturated heterocycles. The summed E-state index contributed by atoms with van der Waals surface area (Å²) in [5, 5.41) is 11.8. The molecule has 5 nitrogen and oxygen atoms in total. The summed E-state index contributed by atoms with van der Waals surface area (Å²) in [5.41, 5.74) is 1.93. The molecule has 0 saturated carbocycles. The number of nitriles is 1. The molecule has 0 amide bonds. The number of rotatable bonds is 6. The van der Waals surface area contributed by atoms with Crippen molar-refractivity contribution < 1.29 is 4.74 Å². The minimum absolute atomic E-state index is 0.00468. The van der Waals surface area contributed by atoms with Gasteiger partial charge in [0.1, 0.15) is 11.8 Å². The van der Waals surface area contributed by atoms with E-state index in [-0.39, 0.29) is 12.2 Å². The van der Waals surface area contributed by atoms with E-state index in [9.17, 15) is 4.79 Å². The second-order valence-corrected chi connectivity index (χ2v) is 4.49. The highest BCUT2D eigenvalue weighted by Crippen LogP contribution is 2.14. The summed E-state index contributed by atoms with van der Waals surface area (Å²) in [5.74, 6) is 0.675. The van der Waals surface area contributed by atoms with Gasteiger partial charge in [-0.2, -0.15) is 5.26 Å². The smallest absolute Gasteiger partial charge is 0.250 e. The molecule has 0 fully saturated rings. The molecule has 1 aromatic heterocycles. The lowest BCUT2D eigenvalue weighted by atomic mass is 10.2. The third kappa shape index (κ3) is 4.11. The van der Waals surface area contributed by atoms with E-state index in [0.717, 1.165) is 11.3 Å². The number of benzene rings is 1. The van der Waals surface area contributed by atoms with Crippen LogP contribution in [0.5, 0.6) is 5.75 Å². The summed E-state index contributed by atoms with van der Waals surface area (Å²) in [4.78, 5) is 11.5. The highest BCUT2D eigenvalue weighted by Gasteiger charge is 1.99. The first-order valence-electron chi connectivity index (χ1n) is 6.76. The fraction of sp³-hybridized carbons (Fsp3) is 0.250. The molecule has 5 heteroatoms. The van der Waals surface area contributed by atoms with Gasteiger partial charge >= 0.3 is 0 Å². The van der Waals surface area contributed by atoms with E-state index >= 15 is 0 Å². The molecule has 0 aliphatic rings. The van der Waals surface area contributed by atoms with Gasteiger partial charge in [0.25, 0.3) is 5.56 Å². The number of nitrogens with one attached hydrogen (secondary N) is 1. The van der Waals surface area contributed by atoms with Crippen LogP contribution in [0.4, 0.5) is 5.69 Å². The second kappa shape index (κ2) is 7.15. The first-order valence-corrected chi connectivity index (χ1v) is 6.76. The first-order chi connectivity index (χ1) is 10.2. The molecule has 1 N–H and O–H groups in total. The van der Waals surface area contributed by atoms with Crippen LogP contribution in [0.3, 0.4) is 0 Å². The lowest BCUT2D eigenvalue weighted by Crippen LogP contribution is -2.17. The van der Waals surface area contributed by atoms with Gasteiger partial charge in [0, 0.05) is 25.4 Å². The van der Waals surface area contributed by atoms with Crippen LogP contribution in [0.25, 0.3) is 0 Å². The summed E-state index contributed by atoms with van der Waals surface area (Å²) >= 11 is 0. The van der Waals surface area contributed by atoms with Crippen LogP contribution in [0.1, 0.15) is 12.5 Å². The molecule has 0 aliphatic carbocycles. The maximum Gasteiger partial charge on any atom is 0.250 e. The summed E-state index contributed by atoms with van der Waals surface area (Å²) < 4.78 is 6.91. The van der Waals surface area contributed by atoms with E-state index in [1.54, 1.807) is 22.9 Å². The summed E-state index contributed by atoms with van der Waals surface area (Å²) in [6, 6.07) is 12.8. The summed E-state index contributed by atoms with van der Waals surface area (Å²) in [7, 11) is 0. The molecule has 21 heavy (non-hydrogen) atoms. The van der Waals surface area contributed by atoms with Crippen molar-refractivity contribution in [1.82, 2.24) is 4.57 Å². The third-order valence-electron chi connectivity index (χ3n) is 3.02. The van der Waals surface area contributed by atoms with Gasteiger partial charge in [0.05, 0.1) is 5.69 Å². The Labute approximate surface area is 123 Å². The van der Waals surface area contributed by atoms with E-state index in [4.69, 9.17) is 10.00 Å². The Morgan fingerprint density at radius 1 is 1.33 bits per heavy atom. The van der Waals surface area contributed by atoms with E-state index in [1.807, 2.05) is 37.3 Å². The maximum atomic E-state index is 11.5. The second-order valence-electron chi connectivity index (χ2n) is 4.49. The van der Waals surface area contributed by atoms with Crippen LogP contribution in [0.15, 0.2) is 47.4 Å². The molecule has 1 heterocycles. The zero-order valence-corrected chi connectivity index (χ0v) is 11.9. The normalized spacial score (nSPS) is 9.90. The van der Waals surface area contributed by atoms with Crippen molar-refractivity contribution in [2.45, 2.75) is 20.0 Å². The van der Waals surface area contributed by atoms with Crippen molar-refractivity contribution in [1.29, 1.82) is 5.26 Å². The van der Waals surface area contributed by atoms with Gasteiger partial charge < -0.3 is 14.6 Å². The number of hydrogen-bond acceptors (Lipinski definition) is 4. The van der Waals surface area contributed by atoms with Gasteiger partial charge in [-0.05, 0) is 30.7 Å². The number of nitrogens with zero attached hydrogens (tertiary/aromatic N) is 2. The Hall–Kier alpha value is -2.74. The van der Waals surface area contributed by atoms with Crippen LogP contribution in [0.2, 0.25) is 0 Å². The number of ether oxygens (including phenoxy) is 1. The standard InChI is InChI=1S/C16H17N3O2/c1-2-19-12-14(6-7-16(19)20)18-11-13-4-3-5-15(10-13)21-9-8-17/h3-7,10,12,18H,2,9,11H2,1H3. The van der Waals surface area contributed by atoms with Crippen LogP contribution >= 0.6 is 0 Å². The molecule has 1 aromatic carbocycles. The van der Waals surface area contributed by atoms with E-state index < -0.39 is 0 Å². The zero-order valence-electron chi connectivity index (χ0n) is 11.9. The molecule has 0 spiro atoms. The number of anilines is 1.